The minimum Gasteiger partial charge on any atom is -0.462 e. The standard InChI is InChI=1S/C24H32N6O3S/c1-2-33-21(32)18-9-11-19(12-10-18)25-20(31)17-34-24-27-22(29-13-5-3-6-14-29)26-23(28-24)30-15-7-4-8-16-30/h9-12H,2-8,13-17H2,1H3,(H,25,31). The quantitative estimate of drug-likeness (QED) is 0.443. The van der Waals surface area contributed by atoms with E-state index in [0.29, 0.717) is 34.9 Å². The van der Waals surface area contributed by atoms with Crippen molar-refractivity contribution in [3.05, 3.63) is 29.8 Å². The molecule has 3 heterocycles. The lowest BCUT2D eigenvalue weighted by molar-refractivity contribution is -0.113. The van der Waals surface area contributed by atoms with E-state index in [1.54, 1.807) is 31.2 Å². The molecule has 1 N–H and O–H groups in total. The van der Waals surface area contributed by atoms with Crippen molar-refractivity contribution in [3.8, 4) is 0 Å². The molecule has 1 amide bonds. The number of carbonyl (C=O) groups is 2. The maximum atomic E-state index is 12.6. The Labute approximate surface area is 204 Å². The van der Waals surface area contributed by atoms with Gasteiger partial charge in [-0.1, -0.05) is 11.8 Å². The van der Waals surface area contributed by atoms with Crippen molar-refractivity contribution in [2.24, 2.45) is 0 Å². The number of ether oxygens (including phenoxy) is 1. The average Bonchev–Trinajstić information content (AvgIpc) is 2.89. The first kappa shape index (κ1) is 24.3. The van der Waals surface area contributed by atoms with Crippen LogP contribution in [-0.2, 0) is 9.53 Å². The van der Waals surface area contributed by atoms with Gasteiger partial charge >= 0.3 is 5.97 Å². The number of benzene rings is 1. The van der Waals surface area contributed by atoms with Crippen molar-refractivity contribution in [2.45, 2.75) is 50.6 Å². The number of aromatic nitrogens is 3. The molecule has 1 aromatic heterocycles. The molecule has 10 heteroatoms. The molecule has 0 aliphatic carbocycles. The van der Waals surface area contributed by atoms with Gasteiger partial charge in [0, 0.05) is 31.9 Å². The molecular weight excluding hydrogens is 452 g/mol. The minimum absolute atomic E-state index is 0.159. The van der Waals surface area contributed by atoms with E-state index < -0.39 is 0 Å². The van der Waals surface area contributed by atoms with Crippen LogP contribution < -0.4 is 15.1 Å². The maximum Gasteiger partial charge on any atom is 0.338 e. The number of amides is 1. The van der Waals surface area contributed by atoms with E-state index >= 15 is 0 Å². The summed E-state index contributed by atoms with van der Waals surface area (Å²) in [5, 5.41) is 3.44. The zero-order valence-electron chi connectivity index (χ0n) is 19.7. The van der Waals surface area contributed by atoms with Gasteiger partial charge in [0.05, 0.1) is 17.9 Å². The third-order valence-electron chi connectivity index (χ3n) is 5.88. The minimum atomic E-state index is -0.375. The van der Waals surface area contributed by atoms with Crippen molar-refractivity contribution >= 4 is 41.2 Å². The first-order valence-corrected chi connectivity index (χ1v) is 13.1. The molecule has 4 rings (SSSR count). The van der Waals surface area contributed by atoms with Crippen LogP contribution in [0, 0.1) is 0 Å². The first-order valence-electron chi connectivity index (χ1n) is 12.1. The van der Waals surface area contributed by atoms with Gasteiger partial charge in [0.1, 0.15) is 0 Å². The molecule has 2 aromatic rings. The Morgan fingerprint density at radius 1 is 0.882 bits per heavy atom. The normalized spacial score (nSPS) is 16.3. The second-order valence-corrected chi connectivity index (χ2v) is 9.39. The highest BCUT2D eigenvalue weighted by atomic mass is 32.2. The molecule has 0 radical (unpaired) electrons. The van der Waals surface area contributed by atoms with E-state index in [1.807, 2.05) is 0 Å². The highest BCUT2D eigenvalue weighted by Gasteiger charge is 2.21. The zero-order chi connectivity index (χ0) is 23.8. The second kappa shape index (κ2) is 12.0. The Hall–Kier alpha value is -2.88. The predicted octanol–water partition coefficient (Wildman–Crippen LogP) is 3.76. The van der Waals surface area contributed by atoms with E-state index in [1.165, 1.54) is 24.6 Å². The van der Waals surface area contributed by atoms with Gasteiger partial charge in [-0.2, -0.15) is 15.0 Å². The van der Waals surface area contributed by atoms with Crippen LogP contribution >= 0.6 is 11.8 Å². The van der Waals surface area contributed by atoms with Crippen molar-refractivity contribution in [1.29, 1.82) is 0 Å². The van der Waals surface area contributed by atoms with E-state index in [9.17, 15) is 9.59 Å². The largest absolute Gasteiger partial charge is 0.462 e. The zero-order valence-corrected chi connectivity index (χ0v) is 20.5. The number of thioether (sulfide) groups is 1. The third-order valence-corrected chi connectivity index (χ3v) is 6.73. The number of hydrogen-bond acceptors (Lipinski definition) is 9. The third kappa shape index (κ3) is 6.59. The molecule has 2 saturated heterocycles. The van der Waals surface area contributed by atoms with Gasteiger partial charge in [-0.3, -0.25) is 4.79 Å². The van der Waals surface area contributed by atoms with Crippen LogP contribution in [0.2, 0.25) is 0 Å². The summed E-state index contributed by atoms with van der Waals surface area (Å²) in [6, 6.07) is 6.67. The van der Waals surface area contributed by atoms with Crippen molar-refractivity contribution in [2.75, 3.05) is 53.7 Å². The Bertz CT molecular complexity index is 939. The van der Waals surface area contributed by atoms with Crippen LogP contribution in [-0.4, -0.2) is 65.4 Å². The fourth-order valence-electron chi connectivity index (χ4n) is 4.10. The predicted molar refractivity (Wildman–Crippen MR) is 134 cm³/mol. The average molecular weight is 485 g/mol. The number of nitrogens with one attached hydrogen (secondary N) is 1. The molecule has 1 aromatic carbocycles. The second-order valence-electron chi connectivity index (χ2n) is 8.45. The highest BCUT2D eigenvalue weighted by Crippen LogP contribution is 2.25. The van der Waals surface area contributed by atoms with E-state index in [-0.39, 0.29) is 17.6 Å². The SMILES string of the molecule is CCOC(=O)c1ccc(NC(=O)CSc2nc(N3CCCCC3)nc(N3CCCCC3)n2)cc1. The van der Waals surface area contributed by atoms with Gasteiger partial charge < -0.3 is 19.9 Å². The molecule has 2 fully saturated rings. The van der Waals surface area contributed by atoms with E-state index in [2.05, 4.69) is 25.1 Å². The number of carbonyl (C=O) groups excluding carboxylic acids is 2. The number of anilines is 3. The monoisotopic (exact) mass is 484 g/mol. The summed E-state index contributed by atoms with van der Waals surface area (Å²) in [5.41, 5.74) is 1.08. The summed E-state index contributed by atoms with van der Waals surface area (Å²) in [6.07, 6.45) is 7.05. The summed E-state index contributed by atoms with van der Waals surface area (Å²) in [6.45, 7) is 5.91. The molecule has 9 nitrogen and oxygen atoms in total. The van der Waals surface area contributed by atoms with Crippen LogP contribution in [0.4, 0.5) is 17.6 Å². The molecule has 2 aliphatic rings. The Morgan fingerprint density at radius 2 is 1.44 bits per heavy atom. The van der Waals surface area contributed by atoms with E-state index in [0.717, 1.165) is 51.9 Å². The van der Waals surface area contributed by atoms with Crippen LogP contribution in [0.25, 0.3) is 0 Å². The number of esters is 1. The van der Waals surface area contributed by atoms with Gasteiger partial charge in [0.2, 0.25) is 17.8 Å². The van der Waals surface area contributed by atoms with Crippen LogP contribution in [0.5, 0.6) is 0 Å². The molecule has 2 aliphatic heterocycles. The summed E-state index contributed by atoms with van der Waals surface area (Å²) >= 11 is 1.32. The summed E-state index contributed by atoms with van der Waals surface area (Å²) in [5.74, 6) is 1.08. The molecule has 0 unspecified atom stereocenters. The van der Waals surface area contributed by atoms with Gasteiger partial charge in [-0.25, -0.2) is 4.79 Å². The van der Waals surface area contributed by atoms with Gasteiger partial charge in [0.25, 0.3) is 0 Å². The lowest BCUT2D eigenvalue weighted by Gasteiger charge is -2.30. The maximum absolute atomic E-state index is 12.6. The summed E-state index contributed by atoms with van der Waals surface area (Å²) < 4.78 is 4.99. The van der Waals surface area contributed by atoms with Crippen LogP contribution in [0.3, 0.4) is 0 Å². The molecule has 0 spiro atoms. The summed E-state index contributed by atoms with van der Waals surface area (Å²) in [4.78, 5) is 43.0. The molecule has 0 bridgehead atoms. The van der Waals surface area contributed by atoms with Gasteiger partial charge in [-0.05, 0) is 69.7 Å². The van der Waals surface area contributed by atoms with Crippen molar-refractivity contribution < 1.29 is 14.3 Å². The Kier molecular flexibility index (Phi) is 8.56. The molecule has 0 atom stereocenters. The smallest absolute Gasteiger partial charge is 0.338 e. The topological polar surface area (TPSA) is 101 Å². The number of nitrogens with zero attached hydrogens (tertiary/aromatic N) is 5. The molecule has 182 valence electrons. The number of rotatable bonds is 8. The number of hydrogen-bond donors (Lipinski definition) is 1. The fourth-order valence-corrected chi connectivity index (χ4v) is 4.73. The van der Waals surface area contributed by atoms with Gasteiger partial charge in [0.15, 0.2) is 5.16 Å². The number of piperidine rings is 2. The lowest BCUT2D eigenvalue weighted by Crippen LogP contribution is -2.34. The highest BCUT2D eigenvalue weighted by molar-refractivity contribution is 7.99. The van der Waals surface area contributed by atoms with Crippen molar-refractivity contribution in [3.63, 3.8) is 0 Å². The fraction of sp³-hybridized carbons (Fsp3) is 0.542. The first-order chi connectivity index (χ1) is 16.6. The lowest BCUT2D eigenvalue weighted by atomic mass is 10.1. The van der Waals surface area contributed by atoms with Crippen LogP contribution in [0.1, 0.15) is 55.8 Å². The summed E-state index contributed by atoms with van der Waals surface area (Å²) in [7, 11) is 0. The Balaban J connectivity index is 1.40. The Morgan fingerprint density at radius 3 is 1.97 bits per heavy atom. The molecule has 34 heavy (non-hydrogen) atoms. The van der Waals surface area contributed by atoms with Gasteiger partial charge in [-0.15, -0.1) is 0 Å². The molecule has 0 saturated carbocycles. The van der Waals surface area contributed by atoms with Crippen molar-refractivity contribution in [1.82, 2.24) is 15.0 Å². The molecular formula is C24H32N6O3S. The van der Waals surface area contributed by atoms with Crippen LogP contribution in [0.15, 0.2) is 29.4 Å². The van der Waals surface area contributed by atoms with E-state index in [4.69, 9.17) is 9.72 Å².